The summed E-state index contributed by atoms with van der Waals surface area (Å²) in [6, 6.07) is 5.85. The van der Waals surface area contributed by atoms with Gasteiger partial charge in [0.05, 0.1) is 12.1 Å². The number of benzene rings is 1. The van der Waals surface area contributed by atoms with Crippen LogP contribution in [0.5, 0.6) is 5.75 Å². The first-order chi connectivity index (χ1) is 9.27. The van der Waals surface area contributed by atoms with Crippen molar-refractivity contribution in [3.8, 4) is 5.75 Å². The predicted molar refractivity (Wildman–Crippen MR) is 80.1 cm³/mol. The highest BCUT2D eigenvalue weighted by Gasteiger charge is 2.01. The van der Waals surface area contributed by atoms with Gasteiger partial charge >= 0.3 is 0 Å². The van der Waals surface area contributed by atoms with E-state index >= 15 is 0 Å². The Hall–Kier alpha value is -0.770. The molecule has 0 saturated carbocycles. The smallest absolute Gasteiger partial charge is 0.137 e. The molecule has 1 aromatic rings. The first-order valence-electron chi connectivity index (χ1n) is 6.88. The molecule has 0 saturated heterocycles. The number of hydrogen-bond donors (Lipinski definition) is 1. The van der Waals surface area contributed by atoms with Crippen LogP contribution in [0.3, 0.4) is 0 Å². The second-order valence-corrected chi connectivity index (χ2v) is 4.87. The quantitative estimate of drug-likeness (QED) is 0.666. The van der Waals surface area contributed by atoms with E-state index in [1.165, 1.54) is 6.42 Å². The minimum absolute atomic E-state index is 0.657. The Bertz CT molecular complexity index is 358. The van der Waals surface area contributed by atoms with Crippen molar-refractivity contribution in [1.82, 2.24) is 5.32 Å². The molecule has 3 nitrogen and oxygen atoms in total. The summed E-state index contributed by atoms with van der Waals surface area (Å²) in [7, 11) is 1.62. The van der Waals surface area contributed by atoms with Gasteiger partial charge < -0.3 is 14.8 Å². The Kier molecular flexibility index (Phi) is 8.63. The minimum atomic E-state index is 0.657. The lowest BCUT2D eigenvalue weighted by atomic mass is 10.2. The van der Waals surface area contributed by atoms with Crippen molar-refractivity contribution < 1.29 is 9.47 Å². The van der Waals surface area contributed by atoms with E-state index in [-0.39, 0.29) is 0 Å². The number of ether oxygens (including phenoxy) is 2. The largest absolute Gasteiger partial charge is 0.495 e. The van der Waals surface area contributed by atoms with Crippen LogP contribution in [0.1, 0.15) is 31.7 Å². The maximum atomic E-state index is 6.07. The lowest BCUT2D eigenvalue weighted by Gasteiger charge is -2.08. The topological polar surface area (TPSA) is 30.5 Å². The Labute approximate surface area is 121 Å². The maximum Gasteiger partial charge on any atom is 0.137 e. The molecule has 0 aliphatic carbocycles. The Balaban J connectivity index is 2.11. The summed E-state index contributed by atoms with van der Waals surface area (Å²) >= 11 is 6.07. The minimum Gasteiger partial charge on any atom is -0.495 e. The van der Waals surface area contributed by atoms with Gasteiger partial charge in [0.15, 0.2) is 0 Å². The normalized spacial score (nSPS) is 10.7. The summed E-state index contributed by atoms with van der Waals surface area (Å²) in [5.41, 5.74) is 1.16. The fourth-order valence-electron chi connectivity index (χ4n) is 1.70. The van der Waals surface area contributed by atoms with E-state index in [0.29, 0.717) is 5.02 Å². The van der Waals surface area contributed by atoms with Crippen LogP contribution in [0.2, 0.25) is 5.02 Å². The third-order valence-corrected chi connectivity index (χ3v) is 3.13. The summed E-state index contributed by atoms with van der Waals surface area (Å²) in [4.78, 5) is 0. The van der Waals surface area contributed by atoms with E-state index in [9.17, 15) is 0 Å². The summed E-state index contributed by atoms with van der Waals surface area (Å²) in [6.07, 6.45) is 3.38. The number of methoxy groups -OCH3 is 1. The summed E-state index contributed by atoms with van der Waals surface area (Å²) in [5, 5.41) is 4.03. The van der Waals surface area contributed by atoms with Gasteiger partial charge in [-0.2, -0.15) is 0 Å². The van der Waals surface area contributed by atoms with Gasteiger partial charge in [-0.3, -0.25) is 0 Å². The van der Waals surface area contributed by atoms with Crippen molar-refractivity contribution in [2.45, 2.75) is 32.7 Å². The lowest BCUT2D eigenvalue weighted by molar-refractivity contribution is 0.129. The van der Waals surface area contributed by atoms with Crippen LogP contribution >= 0.6 is 11.6 Å². The van der Waals surface area contributed by atoms with E-state index in [1.807, 2.05) is 18.2 Å². The van der Waals surface area contributed by atoms with Gasteiger partial charge in [0, 0.05) is 19.8 Å². The fraction of sp³-hybridized carbons (Fsp3) is 0.600. The molecule has 0 spiro atoms. The third kappa shape index (κ3) is 6.81. The highest BCUT2D eigenvalue weighted by Crippen LogP contribution is 2.24. The number of unbranched alkanes of at least 4 members (excludes halogenated alkanes) is 1. The van der Waals surface area contributed by atoms with Crippen LogP contribution in [0.25, 0.3) is 0 Å². The second kappa shape index (κ2) is 10.1. The average Bonchev–Trinajstić information content (AvgIpc) is 2.42. The van der Waals surface area contributed by atoms with E-state index in [2.05, 4.69) is 12.2 Å². The molecular weight excluding hydrogens is 262 g/mol. The number of halogens is 1. The zero-order chi connectivity index (χ0) is 13.9. The maximum absolute atomic E-state index is 6.07. The summed E-state index contributed by atoms with van der Waals surface area (Å²) < 4.78 is 10.6. The van der Waals surface area contributed by atoms with Gasteiger partial charge in [-0.15, -0.1) is 0 Å². The zero-order valence-electron chi connectivity index (χ0n) is 11.9. The highest BCUT2D eigenvalue weighted by atomic mass is 35.5. The number of nitrogens with one attached hydrogen (secondary N) is 1. The first kappa shape index (κ1) is 16.3. The van der Waals surface area contributed by atoms with Crippen LogP contribution in [-0.2, 0) is 11.3 Å². The zero-order valence-corrected chi connectivity index (χ0v) is 12.6. The Morgan fingerprint density at radius 1 is 1.21 bits per heavy atom. The van der Waals surface area contributed by atoms with Crippen LogP contribution in [0, 0.1) is 0 Å². The highest BCUT2D eigenvalue weighted by molar-refractivity contribution is 6.32. The molecule has 0 fully saturated rings. The molecule has 1 aromatic carbocycles. The van der Waals surface area contributed by atoms with Crippen molar-refractivity contribution in [3.63, 3.8) is 0 Å². The molecule has 0 radical (unpaired) electrons. The molecule has 0 unspecified atom stereocenters. The van der Waals surface area contributed by atoms with Gasteiger partial charge in [0.1, 0.15) is 5.75 Å². The number of rotatable bonds is 10. The van der Waals surface area contributed by atoms with Gasteiger partial charge in [-0.05, 0) is 37.1 Å². The molecule has 0 amide bonds. The first-order valence-corrected chi connectivity index (χ1v) is 7.26. The molecule has 4 heteroatoms. The van der Waals surface area contributed by atoms with Crippen LogP contribution in [0.15, 0.2) is 18.2 Å². The molecule has 0 atom stereocenters. The molecule has 0 bridgehead atoms. The molecule has 19 heavy (non-hydrogen) atoms. The second-order valence-electron chi connectivity index (χ2n) is 4.47. The van der Waals surface area contributed by atoms with Crippen molar-refractivity contribution in [2.75, 3.05) is 26.9 Å². The van der Waals surface area contributed by atoms with Gasteiger partial charge in [-0.25, -0.2) is 0 Å². The van der Waals surface area contributed by atoms with Gasteiger partial charge in [-0.1, -0.05) is 31.0 Å². The van der Waals surface area contributed by atoms with E-state index in [0.717, 1.165) is 50.5 Å². The average molecular weight is 286 g/mol. The third-order valence-electron chi connectivity index (χ3n) is 2.83. The van der Waals surface area contributed by atoms with E-state index < -0.39 is 0 Å². The Morgan fingerprint density at radius 3 is 2.68 bits per heavy atom. The molecular formula is C15H24ClNO2. The number of hydrogen-bond acceptors (Lipinski definition) is 3. The van der Waals surface area contributed by atoms with Crippen molar-refractivity contribution in [2.24, 2.45) is 0 Å². The molecule has 0 aliphatic heterocycles. The Morgan fingerprint density at radius 2 is 2.00 bits per heavy atom. The molecule has 0 aliphatic rings. The van der Waals surface area contributed by atoms with Crippen LogP contribution in [0.4, 0.5) is 0 Å². The van der Waals surface area contributed by atoms with Gasteiger partial charge in [0.2, 0.25) is 0 Å². The van der Waals surface area contributed by atoms with E-state index in [4.69, 9.17) is 21.1 Å². The summed E-state index contributed by atoms with van der Waals surface area (Å²) in [6.45, 7) is 5.65. The van der Waals surface area contributed by atoms with Crippen molar-refractivity contribution >= 4 is 11.6 Å². The van der Waals surface area contributed by atoms with Crippen molar-refractivity contribution in [3.05, 3.63) is 28.8 Å². The fourth-order valence-corrected chi connectivity index (χ4v) is 1.98. The van der Waals surface area contributed by atoms with Crippen molar-refractivity contribution in [1.29, 1.82) is 0 Å². The SMILES string of the molecule is CCCCOCCCNCc1ccc(OC)c(Cl)c1. The predicted octanol–water partition coefficient (Wildman–Crippen LogP) is 3.65. The molecule has 0 aromatic heterocycles. The summed E-state index contributed by atoms with van der Waals surface area (Å²) in [5.74, 6) is 0.717. The lowest BCUT2D eigenvalue weighted by Crippen LogP contribution is -2.16. The van der Waals surface area contributed by atoms with Gasteiger partial charge in [0.25, 0.3) is 0 Å². The molecule has 0 heterocycles. The molecule has 108 valence electrons. The monoisotopic (exact) mass is 285 g/mol. The van der Waals surface area contributed by atoms with E-state index in [1.54, 1.807) is 7.11 Å². The molecule has 1 N–H and O–H groups in total. The standard InChI is InChI=1S/C15H24ClNO2/c1-3-4-9-19-10-5-8-17-12-13-6-7-15(18-2)14(16)11-13/h6-7,11,17H,3-5,8-10,12H2,1-2H3. The van der Waals surface area contributed by atoms with Crippen LogP contribution < -0.4 is 10.1 Å². The van der Waals surface area contributed by atoms with Crippen LogP contribution in [-0.4, -0.2) is 26.9 Å². The molecule has 1 rings (SSSR count).